The molecule has 7 heteroatoms. The molecule has 0 bridgehead atoms. The van der Waals surface area contributed by atoms with E-state index in [1.54, 1.807) is 23.1 Å². The number of carbonyl (C=O) groups is 2. The van der Waals surface area contributed by atoms with Crippen LogP contribution < -0.4 is 5.73 Å². The zero-order chi connectivity index (χ0) is 20.1. The standard InChI is InChI=1S/C21H26FN3O3/c1-2-9-21(20(23)27)10-12-25(13-11-21)18(26)8-7-15-14-28-24-19(15)16-5-3-4-6-17(16)22/h3-6,14H,2,7-13H2,1H3,(H2,23,27). The summed E-state index contributed by atoms with van der Waals surface area (Å²) in [4.78, 5) is 26.3. The molecule has 1 aromatic carbocycles. The molecule has 0 unspecified atom stereocenters. The second-order valence-electron chi connectivity index (χ2n) is 7.44. The number of carbonyl (C=O) groups excluding carboxylic acids is 2. The third-order valence-electron chi connectivity index (χ3n) is 5.70. The topological polar surface area (TPSA) is 89.4 Å². The molecule has 1 saturated heterocycles. The second kappa shape index (κ2) is 8.54. The van der Waals surface area contributed by atoms with Crippen LogP contribution in [-0.4, -0.2) is 35.0 Å². The van der Waals surface area contributed by atoms with Gasteiger partial charge in [0.2, 0.25) is 11.8 Å². The van der Waals surface area contributed by atoms with E-state index in [0.29, 0.717) is 49.2 Å². The highest BCUT2D eigenvalue weighted by atomic mass is 19.1. The van der Waals surface area contributed by atoms with Crippen LogP contribution in [-0.2, 0) is 16.0 Å². The summed E-state index contributed by atoms with van der Waals surface area (Å²) in [6.07, 6.45) is 5.02. The van der Waals surface area contributed by atoms with Crippen LogP contribution in [0.4, 0.5) is 4.39 Å². The molecule has 3 rings (SSSR count). The maximum absolute atomic E-state index is 14.0. The molecule has 6 nitrogen and oxygen atoms in total. The lowest BCUT2D eigenvalue weighted by molar-refractivity contribution is -0.139. The van der Waals surface area contributed by atoms with E-state index in [0.717, 1.165) is 12.8 Å². The van der Waals surface area contributed by atoms with Crippen molar-refractivity contribution in [3.05, 3.63) is 41.9 Å². The number of primary amides is 1. The third-order valence-corrected chi connectivity index (χ3v) is 5.70. The minimum Gasteiger partial charge on any atom is -0.369 e. The molecule has 0 atom stereocenters. The summed E-state index contributed by atoms with van der Waals surface area (Å²) in [5.41, 5.74) is 6.63. The minimum atomic E-state index is -0.488. The summed E-state index contributed by atoms with van der Waals surface area (Å²) in [5, 5.41) is 3.91. The Morgan fingerprint density at radius 1 is 1.29 bits per heavy atom. The van der Waals surface area contributed by atoms with E-state index < -0.39 is 5.41 Å². The van der Waals surface area contributed by atoms with Crippen LogP contribution in [0, 0.1) is 11.2 Å². The smallest absolute Gasteiger partial charge is 0.223 e. The highest BCUT2D eigenvalue weighted by molar-refractivity contribution is 5.82. The third kappa shape index (κ3) is 4.08. The fourth-order valence-corrected chi connectivity index (χ4v) is 3.99. The van der Waals surface area contributed by atoms with Gasteiger partial charge in [0.25, 0.3) is 0 Å². The van der Waals surface area contributed by atoms with Crippen LogP contribution in [0.2, 0.25) is 0 Å². The Hall–Kier alpha value is -2.70. The van der Waals surface area contributed by atoms with Gasteiger partial charge in [0.1, 0.15) is 17.8 Å². The number of aromatic nitrogens is 1. The Labute approximate surface area is 163 Å². The van der Waals surface area contributed by atoms with Gasteiger partial charge >= 0.3 is 0 Å². The van der Waals surface area contributed by atoms with Crippen LogP contribution in [0.25, 0.3) is 11.3 Å². The Kier molecular flexibility index (Phi) is 6.11. The first-order valence-corrected chi connectivity index (χ1v) is 9.72. The predicted octanol–water partition coefficient (Wildman–Crippen LogP) is 3.31. The molecule has 0 radical (unpaired) electrons. The Balaban J connectivity index is 1.60. The van der Waals surface area contributed by atoms with E-state index in [1.807, 2.05) is 6.92 Å². The van der Waals surface area contributed by atoms with Crippen molar-refractivity contribution in [2.75, 3.05) is 13.1 Å². The Morgan fingerprint density at radius 3 is 2.64 bits per heavy atom. The molecule has 2 heterocycles. The van der Waals surface area contributed by atoms with Crippen molar-refractivity contribution in [1.29, 1.82) is 0 Å². The fourth-order valence-electron chi connectivity index (χ4n) is 3.99. The fraction of sp³-hybridized carbons (Fsp3) is 0.476. The SMILES string of the molecule is CCCC1(C(N)=O)CCN(C(=O)CCc2conc2-c2ccccc2F)CC1. The van der Waals surface area contributed by atoms with Gasteiger partial charge in [0.05, 0.1) is 5.41 Å². The molecule has 150 valence electrons. The van der Waals surface area contributed by atoms with Gasteiger partial charge in [0.15, 0.2) is 0 Å². The minimum absolute atomic E-state index is 0.00949. The number of rotatable bonds is 7. The molecule has 0 saturated carbocycles. The van der Waals surface area contributed by atoms with Crippen molar-refractivity contribution < 1.29 is 18.5 Å². The molecule has 0 spiro atoms. The number of piperidine rings is 1. The summed E-state index contributed by atoms with van der Waals surface area (Å²) < 4.78 is 19.0. The number of nitrogens with two attached hydrogens (primary N) is 1. The van der Waals surface area contributed by atoms with Crippen molar-refractivity contribution >= 4 is 11.8 Å². The van der Waals surface area contributed by atoms with Crippen LogP contribution >= 0.6 is 0 Å². The molecule has 1 fully saturated rings. The number of nitrogens with zero attached hydrogens (tertiary/aromatic N) is 2. The molecule has 1 aliphatic rings. The van der Waals surface area contributed by atoms with E-state index in [1.165, 1.54) is 12.3 Å². The van der Waals surface area contributed by atoms with Gasteiger partial charge in [-0.3, -0.25) is 9.59 Å². The number of likely N-dealkylation sites (tertiary alicyclic amines) is 1. The van der Waals surface area contributed by atoms with Gasteiger partial charge in [-0.2, -0.15) is 0 Å². The van der Waals surface area contributed by atoms with E-state index in [2.05, 4.69) is 5.16 Å². The Morgan fingerprint density at radius 2 is 2.00 bits per heavy atom. The zero-order valence-electron chi connectivity index (χ0n) is 16.1. The van der Waals surface area contributed by atoms with Gasteiger partial charge in [-0.15, -0.1) is 0 Å². The van der Waals surface area contributed by atoms with Gasteiger partial charge < -0.3 is 15.2 Å². The van der Waals surface area contributed by atoms with Crippen LogP contribution in [0.15, 0.2) is 35.1 Å². The molecule has 0 aliphatic carbocycles. The van der Waals surface area contributed by atoms with Gasteiger partial charge in [0, 0.05) is 30.6 Å². The van der Waals surface area contributed by atoms with Gasteiger partial charge in [-0.1, -0.05) is 30.6 Å². The first kappa shape index (κ1) is 20.0. The summed E-state index contributed by atoms with van der Waals surface area (Å²) in [6, 6.07) is 6.36. The first-order valence-electron chi connectivity index (χ1n) is 9.72. The van der Waals surface area contributed by atoms with Crippen molar-refractivity contribution in [2.24, 2.45) is 11.1 Å². The summed E-state index contributed by atoms with van der Waals surface area (Å²) >= 11 is 0. The predicted molar refractivity (Wildman–Crippen MR) is 103 cm³/mol. The summed E-state index contributed by atoms with van der Waals surface area (Å²) in [7, 11) is 0. The first-order chi connectivity index (χ1) is 13.5. The maximum Gasteiger partial charge on any atom is 0.223 e. The lowest BCUT2D eigenvalue weighted by Gasteiger charge is -2.39. The lowest BCUT2D eigenvalue weighted by Crippen LogP contribution is -2.48. The number of hydrogen-bond donors (Lipinski definition) is 1. The van der Waals surface area contributed by atoms with E-state index in [4.69, 9.17) is 10.3 Å². The van der Waals surface area contributed by atoms with Crippen molar-refractivity contribution in [2.45, 2.75) is 45.4 Å². The monoisotopic (exact) mass is 387 g/mol. The summed E-state index contributed by atoms with van der Waals surface area (Å²) in [6.45, 7) is 3.10. The maximum atomic E-state index is 14.0. The average Bonchev–Trinajstić information content (AvgIpc) is 3.15. The molecule has 2 amide bonds. The zero-order valence-corrected chi connectivity index (χ0v) is 16.1. The number of halogens is 1. The highest BCUT2D eigenvalue weighted by Gasteiger charge is 2.39. The number of hydrogen-bond acceptors (Lipinski definition) is 4. The molecular formula is C21H26FN3O3. The van der Waals surface area contributed by atoms with Crippen molar-refractivity contribution in [1.82, 2.24) is 10.1 Å². The normalized spacial score (nSPS) is 16.1. The number of amides is 2. The molecule has 2 N–H and O–H groups in total. The second-order valence-corrected chi connectivity index (χ2v) is 7.44. The van der Waals surface area contributed by atoms with Crippen molar-refractivity contribution in [3.63, 3.8) is 0 Å². The van der Waals surface area contributed by atoms with E-state index in [9.17, 15) is 14.0 Å². The average molecular weight is 387 g/mol. The lowest BCUT2D eigenvalue weighted by atomic mass is 9.74. The highest BCUT2D eigenvalue weighted by Crippen LogP contribution is 2.36. The molecular weight excluding hydrogens is 361 g/mol. The molecule has 2 aromatic rings. The van der Waals surface area contributed by atoms with Crippen LogP contribution in [0.5, 0.6) is 0 Å². The van der Waals surface area contributed by atoms with Crippen LogP contribution in [0.3, 0.4) is 0 Å². The molecule has 28 heavy (non-hydrogen) atoms. The van der Waals surface area contributed by atoms with Crippen molar-refractivity contribution in [3.8, 4) is 11.3 Å². The largest absolute Gasteiger partial charge is 0.369 e. The number of benzene rings is 1. The summed E-state index contributed by atoms with van der Waals surface area (Å²) in [5.74, 6) is -0.630. The van der Waals surface area contributed by atoms with Crippen LogP contribution in [0.1, 0.15) is 44.6 Å². The van der Waals surface area contributed by atoms with Gasteiger partial charge in [-0.05, 0) is 37.8 Å². The quantitative estimate of drug-likeness (QED) is 0.789. The molecule has 1 aliphatic heterocycles. The van der Waals surface area contributed by atoms with E-state index >= 15 is 0 Å². The van der Waals surface area contributed by atoms with E-state index in [-0.39, 0.29) is 24.1 Å². The number of aryl methyl sites for hydroxylation is 1. The van der Waals surface area contributed by atoms with Gasteiger partial charge in [-0.25, -0.2) is 4.39 Å². The Bertz CT molecular complexity index is 841. The molecule has 1 aromatic heterocycles.